The van der Waals surface area contributed by atoms with E-state index >= 15 is 0 Å². The maximum absolute atomic E-state index is 13.6. The van der Waals surface area contributed by atoms with Crippen molar-refractivity contribution in [3.05, 3.63) is 93.2 Å². The van der Waals surface area contributed by atoms with Crippen LogP contribution in [0.3, 0.4) is 0 Å². The van der Waals surface area contributed by atoms with Crippen LogP contribution in [0.4, 0.5) is 0 Å². The van der Waals surface area contributed by atoms with Crippen molar-refractivity contribution in [2.45, 2.75) is 44.7 Å². The molecule has 2 heterocycles. The summed E-state index contributed by atoms with van der Waals surface area (Å²) in [6.07, 6.45) is 3.77. The number of carbonyl (C=O) groups excluding carboxylic acids is 2. The number of carbonyl (C=O) groups is 2. The van der Waals surface area contributed by atoms with Gasteiger partial charge in [0.25, 0.3) is 5.91 Å². The topological polar surface area (TPSA) is 40.6 Å². The molecule has 32 heavy (non-hydrogen) atoms. The number of thiophene rings is 1. The van der Waals surface area contributed by atoms with Gasteiger partial charge in [0.15, 0.2) is 0 Å². The van der Waals surface area contributed by atoms with Gasteiger partial charge in [0.2, 0.25) is 5.91 Å². The van der Waals surface area contributed by atoms with Crippen LogP contribution >= 0.6 is 11.3 Å². The highest BCUT2D eigenvalue weighted by Crippen LogP contribution is 2.38. The number of nitrogens with zero attached hydrogens (tertiary/aromatic N) is 2. The van der Waals surface area contributed by atoms with E-state index in [4.69, 9.17) is 0 Å². The van der Waals surface area contributed by atoms with Crippen molar-refractivity contribution in [1.82, 2.24) is 9.80 Å². The Kier molecular flexibility index (Phi) is 5.83. The lowest BCUT2D eigenvalue weighted by Crippen LogP contribution is -2.47. The predicted molar refractivity (Wildman–Crippen MR) is 128 cm³/mol. The lowest BCUT2D eigenvalue weighted by Gasteiger charge is -2.37. The molecule has 5 heteroatoms. The summed E-state index contributed by atoms with van der Waals surface area (Å²) in [5.74, 6) is -0.00544. The molecule has 0 unspecified atom stereocenters. The van der Waals surface area contributed by atoms with Crippen molar-refractivity contribution >= 4 is 23.2 Å². The van der Waals surface area contributed by atoms with Crippen molar-refractivity contribution in [3.63, 3.8) is 0 Å². The molecular formula is C27H28N2O2S. The van der Waals surface area contributed by atoms with Gasteiger partial charge in [-0.25, -0.2) is 0 Å². The van der Waals surface area contributed by atoms with E-state index in [1.165, 1.54) is 16.0 Å². The van der Waals surface area contributed by atoms with E-state index < -0.39 is 0 Å². The van der Waals surface area contributed by atoms with Crippen LogP contribution in [0.25, 0.3) is 0 Å². The molecule has 4 nitrogen and oxygen atoms in total. The zero-order valence-electron chi connectivity index (χ0n) is 18.4. The highest BCUT2D eigenvalue weighted by molar-refractivity contribution is 7.10. The predicted octanol–water partition coefficient (Wildman–Crippen LogP) is 5.09. The van der Waals surface area contributed by atoms with E-state index in [0.717, 1.165) is 31.2 Å². The summed E-state index contributed by atoms with van der Waals surface area (Å²) in [6.45, 7) is 2.93. The maximum atomic E-state index is 13.6. The number of aryl methyl sites for hydroxylation is 1. The number of fused-ring (bicyclic) bond motifs is 1. The fourth-order valence-corrected chi connectivity index (χ4v) is 5.52. The molecule has 0 bridgehead atoms. The number of amides is 2. The van der Waals surface area contributed by atoms with Gasteiger partial charge >= 0.3 is 0 Å². The first-order valence-electron chi connectivity index (χ1n) is 11.5. The van der Waals surface area contributed by atoms with Gasteiger partial charge in [-0.2, -0.15) is 0 Å². The molecule has 1 aliphatic heterocycles. The zero-order valence-corrected chi connectivity index (χ0v) is 19.2. The maximum Gasteiger partial charge on any atom is 0.254 e. The normalized spacial score (nSPS) is 17.7. The average molecular weight is 445 g/mol. The summed E-state index contributed by atoms with van der Waals surface area (Å²) in [6, 6.07) is 20.3. The number of benzene rings is 2. The number of rotatable bonds is 6. The Morgan fingerprint density at radius 3 is 2.47 bits per heavy atom. The molecular weight excluding hydrogens is 416 g/mol. The molecule has 1 atom stereocenters. The van der Waals surface area contributed by atoms with E-state index in [2.05, 4.69) is 30.5 Å². The van der Waals surface area contributed by atoms with Crippen LogP contribution < -0.4 is 0 Å². The highest BCUT2D eigenvalue weighted by Gasteiger charge is 2.38. The zero-order chi connectivity index (χ0) is 22.1. The lowest BCUT2D eigenvalue weighted by molar-refractivity contribution is -0.134. The Balaban J connectivity index is 1.40. The van der Waals surface area contributed by atoms with Gasteiger partial charge < -0.3 is 9.80 Å². The Bertz CT molecular complexity index is 1100. The Hall–Kier alpha value is -2.92. The second-order valence-electron chi connectivity index (χ2n) is 8.66. The van der Waals surface area contributed by atoms with Crippen LogP contribution in [0.15, 0.2) is 66.0 Å². The van der Waals surface area contributed by atoms with Gasteiger partial charge in [-0.15, -0.1) is 11.3 Å². The molecule has 2 aromatic carbocycles. The fraction of sp³-hybridized carbons (Fsp3) is 0.333. The number of hydrogen-bond acceptors (Lipinski definition) is 3. The Morgan fingerprint density at radius 2 is 1.78 bits per heavy atom. The van der Waals surface area contributed by atoms with E-state index in [-0.39, 0.29) is 30.4 Å². The first-order chi connectivity index (χ1) is 15.7. The SMILES string of the molecule is CCc1ccc(C(=O)N(CC(=O)N2CCc3sccc3[C@H]2c2ccccc2)C2CC2)cc1. The van der Waals surface area contributed by atoms with Crippen LogP contribution in [-0.4, -0.2) is 40.7 Å². The standard InChI is InChI=1S/C27H28N2O2S/c1-2-19-8-10-21(11-9-19)27(31)29(22-12-13-22)18-25(30)28-16-14-24-23(15-17-32-24)26(28)20-6-4-3-5-7-20/h3-11,15,17,22,26H,2,12-14,16,18H2,1H3/t26-/m1/s1. The van der Waals surface area contributed by atoms with Crippen LogP contribution in [-0.2, 0) is 17.6 Å². The van der Waals surface area contributed by atoms with E-state index in [0.29, 0.717) is 12.1 Å². The van der Waals surface area contributed by atoms with Crippen molar-refractivity contribution < 1.29 is 9.59 Å². The molecule has 0 N–H and O–H groups in total. The second-order valence-corrected chi connectivity index (χ2v) is 9.66. The molecule has 1 saturated carbocycles. The van der Waals surface area contributed by atoms with Gasteiger partial charge in [-0.3, -0.25) is 9.59 Å². The molecule has 2 aliphatic rings. The van der Waals surface area contributed by atoms with E-state index in [1.54, 1.807) is 16.2 Å². The summed E-state index contributed by atoms with van der Waals surface area (Å²) in [4.78, 5) is 32.1. The minimum Gasteiger partial charge on any atom is -0.330 e. The van der Waals surface area contributed by atoms with Crippen molar-refractivity contribution in [1.29, 1.82) is 0 Å². The summed E-state index contributed by atoms with van der Waals surface area (Å²) in [5.41, 5.74) is 4.22. The third kappa shape index (κ3) is 4.09. The monoisotopic (exact) mass is 444 g/mol. The molecule has 1 fully saturated rings. The van der Waals surface area contributed by atoms with Crippen LogP contribution in [0.5, 0.6) is 0 Å². The third-order valence-corrected chi connectivity index (χ3v) is 7.56. The smallest absolute Gasteiger partial charge is 0.254 e. The van der Waals surface area contributed by atoms with Crippen molar-refractivity contribution in [2.75, 3.05) is 13.1 Å². The Morgan fingerprint density at radius 1 is 1.03 bits per heavy atom. The summed E-state index contributed by atoms with van der Waals surface area (Å²) < 4.78 is 0. The molecule has 0 saturated heterocycles. The first kappa shape index (κ1) is 21.0. The lowest BCUT2D eigenvalue weighted by atomic mass is 9.93. The molecule has 0 spiro atoms. The fourth-order valence-electron chi connectivity index (χ4n) is 4.62. The van der Waals surface area contributed by atoms with Gasteiger partial charge in [0.1, 0.15) is 6.54 Å². The molecule has 1 aliphatic carbocycles. The molecule has 164 valence electrons. The summed E-state index contributed by atoms with van der Waals surface area (Å²) in [7, 11) is 0. The van der Waals surface area contributed by atoms with Gasteiger partial charge in [-0.05, 0) is 66.0 Å². The third-order valence-electron chi connectivity index (χ3n) is 6.56. The van der Waals surface area contributed by atoms with Crippen LogP contribution in [0.2, 0.25) is 0 Å². The van der Waals surface area contributed by atoms with Gasteiger partial charge in [0.05, 0.1) is 6.04 Å². The highest BCUT2D eigenvalue weighted by atomic mass is 32.1. The van der Waals surface area contributed by atoms with Crippen LogP contribution in [0.1, 0.15) is 57.7 Å². The second kappa shape index (κ2) is 8.91. The molecule has 3 aromatic rings. The molecule has 2 amide bonds. The minimum absolute atomic E-state index is 0.0288. The minimum atomic E-state index is -0.0845. The Labute approximate surface area is 193 Å². The quantitative estimate of drug-likeness (QED) is 0.531. The van der Waals surface area contributed by atoms with Gasteiger partial charge in [0, 0.05) is 23.0 Å². The molecule has 1 aromatic heterocycles. The van der Waals surface area contributed by atoms with Crippen molar-refractivity contribution in [2.24, 2.45) is 0 Å². The summed E-state index contributed by atoms with van der Waals surface area (Å²) in [5, 5.41) is 2.12. The van der Waals surface area contributed by atoms with Crippen LogP contribution in [0, 0.1) is 0 Å². The van der Waals surface area contributed by atoms with Crippen molar-refractivity contribution in [3.8, 4) is 0 Å². The van der Waals surface area contributed by atoms with Gasteiger partial charge in [-0.1, -0.05) is 49.4 Å². The largest absolute Gasteiger partial charge is 0.330 e. The molecule has 5 rings (SSSR count). The number of hydrogen-bond donors (Lipinski definition) is 0. The van der Waals surface area contributed by atoms with E-state index in [9.17, 15) is 9.59 Å². The molecule has 0 radical (unpaired) electrons. The van der Waals surface area contributed by atoms with E-state index in [1.807, 2.05) is 47.4 Å². The first-order valence-corrected chi connectivity index (χ1v) is 12.3. The average Bonchev–Trinajstić information content (AvgIpc) is 3.57. The summed E-state index contributed by atoms with van der Waals surface area (Å²) >= 11 is 1.77.